The van der Waals surface area contributed by atoms with Gasteiger partial charge >= 0.3 is 0 Å². The van der Waals surface area contributed by atoms with Gasteiger partial charge < -0.3 is 14.5 Å². The minimum absolute atomic E-state index is 0.0743. The highest BCUT2D eigenvalue weighted by atomic mass is 16.5. The lowest BCUT2D eigenvalue weighted by molar-refractivity contribution is 0.0507. The number of hydrogen-bond acceptors (Lipinski definition) is 3. The van der Waals surface area contributed by atoms with E-state index in [-0.39, 0.29) is 12.0 Å². The van der Waals surface area contributed by atoms with E-state index in [0.29, 0.717) is 13.1 Å². The molecule has 1 aliphatic rings. The Hall–Kier alpha value is -2.33. The van der Waals surface area contributed by atoms with Crippen LogP contribution >= 0.6 is 0 Å². The molecule has 3 rings (SSSR count). The number of benzene rings is 2. The predicted octanol–water partition coefficient (Wildman–Crippen LogP) is 4.19. The molecule has 27 heavy (non-hydrogen) atoms. The van der Waals surface area contributed by atoms with Crippen LogP contribution in [0.25, 0.3) is 0 Å². The van der Waals surface area contributed by atoms with Gasteiger partial charge in [-0.3, -0.25) is 4.79 Å². The number of amides is 1. The smallest absolute Gasteiger partial charge is 0.254 e. The van der Waals surface area contributed by atoms with E-state index in [1.165, 1.54) is 5.56 Å². The van der Waals surface area contributed by atoms with E-state index in [4.69, 9.17) is 4.74 Å². The van der Waals surface area contributed by atoms with Gasteiger partial charge in [0.15, 0.2) is 0 Å². The van der Waals surface area contributed by atoms with Crippen LogP contribution in [0.15, 0.2) is 42.5 Å². The maximum absolute atomic E-state index is 13.2. The number of rotatable bonds is 6. The lowest BCUT2D eigenvalue weighted by atomic mass is 10.0. The van der Waals surface area contributed by atoms with E-state index in [0.717, 1.165) is 41.8 Å². The van der Waals surface area contributed by atoms with Crippen LogP contribution in [-0.4, -0.2) is 44.2 Å². The maximum Gasteiger partial charge on any atom is 0.254 e. The zero-order valence-electron chi connectivity index (χ0n) is 16.9. The lowest BCUT2D eigenvalue weighted by Gasteiger charge is -2.26. The topological polar surface area (TPSA) is 32.8 Å². The van der Waals surface area contributed by atoms with E-state index in [1.807, 2.05) is 37.2 Å². The maximum atomic E-state index is 13.2. The third kappa shape index (κ3) is 4.89. The van der Waals surface area contributed by atoms with Crippen LogP contribution in [0.4, 0.5) is 5.69 Å². The molecule has 1 fully saturated rings. The number of carbonyl (C=O) groups is 1. The second-order valence-corrected chi connectivity index (χ2v) is 7.68. The molecule has 1 aliphatic heterocycles. The minimum Gasteiger partial charge on any atom is -0.378 e. The molecule has 2 aromatic carbocycles. The summed E-state index contributed by atoms with van der Waals surface area (Å²) in [5, 5.41) is 0. The van der Waals surface area contributed by atoms with Crippen LogP contribution in [0.5, 0.6) is 0 Å². The summed E-state index contributed by atoms with van der Waals surface area (Å²) in [4.78, 5) is 17.3. The molecule has 144 valence electrons. The quantitative estimate of drug-likeness (QED) is 0.768. The van der Waals surface area contributed by atoms with Gasteiger partial charge in [0.25, 0.3) is 5.91 Å². The van der Waals surface area contributed by atoms with Gasteiger partial charge in [-0.05, 0) is 67.6 Å². The largest absolute Gasteiger partial charge is 0.378 e. The zero-order valence-corrected chi connectivity index (χ0v) is 16.9. The Balaban J connectivity index is 1.80. The summed E-state index contributed by atoms with van der Waals surface area (Å²) in [5.41, 5.74) is 5.39. The van der Waals surface area contributed by atoms with Crippen LogP contribution in [0.2, 0.25) is 0 Å². The average molecular weight is 367 g/mol. The molecule has 4 heteroatoms. The van der Waals surface area contributed by atoms with Crippen molar-refractivity contribution < 1.29 is 9.53 Å². The summed E-state index contributed by atoms with van der Waals surface area (Å²) in [7, 11) is 4.06. The van der Waals surface area contributed by atoms with Crippen LogP contribution in [0.3, 0.4) is 0 Å². The molecule has 0 aromatic heterocycles. The second-order valence-electron chi connectivity index (χ2n) is 7.68. The number of aryl methyl sites for hydroxylation is 2. The van der Waals surface area contributed by atoms with Gasteiger partial charge in [-0.25, -0.2) is 0 Å². The first-order valence-electron chi connectivity index (χ1n) is 9.68. The molecule has 1 heterocycles. The standard InChI is InChI=1S/C23H30N2O2/c1-17-7-10-20(14-18(17)2)23(26)25(16-22-6-5-13-27-22)15-19-8-11-21(12-9-19)24(3)4/h7-12,14,22H,5-6,13,15-16H2,1-4H3. The monoisotopic (exact) mass is 366 g/mol. The molecular weight excluding hydrogens is 336 g/mol. The summed E-state index contributed by atoms with van der Waals surface area (Å²) in [6.07, 6.45) is 2.24. The predicted molar refractivity (Wildman–Crippen MR) is 110 cm³/mol. The molecule has 1 unspecified atom stereocenters. The molecule has 2 aromatic rings. The molecular formula is C23H30N2O2. The average Bonchev–Trinajstić information content (AvgIpc) is 3.16. The number of nitrogens with zero attached hydrogens (tertiary/aromatic N) is 2. The third-order valence-corrected chi connectivity index (χ3v) is 5.32. The van der Waals surface area contributed by atoms with Crippen molar-refractivity contribution in [1.29, 1.82) is 0 Å². The van der Waals surface area contributed by atoms with E-state index in [2.05, 4.69) is 43.0 Å². The number of ether oxygens (including phenoxy) is 1. The Morgan fingerprint density at radius 1 is 1.07 bits per heavy atom. The highest BCUT2D eigenvalue weighted by molar-refractivity contribution is 5.94. The zero-order chi connectivity index (χ0) is 19.4. The Morgan fingerprint density at radius 2 is 1.81 bits per heavy atom. The van der Waals surface area contributed by atoms with Gasteiger partial charge in [0.2, 0.25) is 0 Å². The molecule has 0 saturated carbocycles. The molecule has 1 saturated heterocycles. The van der Waals surface area contributed by atoms with Gasteiger partial charge in [0, 0.05) is 45.0 Å². The van der Waals surface area contributed by atoms with Crippen molar-refractivity contribution in [3.05, 3.63) is 64.7 Å². The van der Waals surface area contributed by atoms with Gasteiger partial charge in [0.1, 0.15) is 0 Å². The number of anilines is 1. The van der Waals surface area contributed by atoms with E-state index < -0.39 is 0 Å². The number of carbonyl (C=O) groups excluding carboxylic acids is 1. The van der Waals surface area contributed by atoms with Gasteiger partial charge in [-0.1, -0.05) is 18.2 Å². The van der Waals surface area contributed by atoms with E-state index in [9.17, 15) is 4.79 Å². The molecule has 1 amide bonds. The van der Waals surface area contributed by atoms with Crippen LogP contribution in [0.1, 0.15) is 39.9 Å². The Morgan fingerprint density at radius 3 is 2.41 bits per heavy atom. The van der Waals surface area contributed by atoms with Crippen molar-refractivity contribution in [3.63, 3.8) is 0 Å². The van der Waals surface area contributed by atoms with Crippen molar-refractivity contribution >= 4 is 11.6 Å². The molecule has 0 bridgehead atoms. The van der Waals surface area contributed by atoms with Gasteiger partial charge in [-0.2, -0.15) is 0 Å². The van der Waals surface area contributed by atoms with Crippen molar-refractivity contribution in [1.82, 2.24) is 4.90 Å². The fourth-order valence-electron chi connectivity index (χ4n) is 3.43. The summed E-state index contributed by atoms with van der Waals surface area (Å²) >= 11 is 0. The first-order valence-corrected chi connectivity index (χ1v) is 9.68. The van der Waals surface area contributed by atoms with Gasteiger partial charge in [0.05, 0.1) is 6.10 Å². The van der Waals surface area contributed by atoms with Crippen molar-refractivity contribution in [2.24, 2.45) is 0 Å². The van der Waals surface area contributed by atoms with Crippen LogP contribution < -0.4 is 4.90 Å². The summed E-state index contributed by atoms with van der Waals surface area (Å²) < 4.78 is 5.80. The lowest BCUT2D eigenvalue weighted by Crippen LogP contribution is -2.37. The van der Waals surface area contributed by atoms with E-state index in [1.54, 1.807) is 0 Å². The first-order chi connectivity index (χ1) is 12.9. The van der Waals surface area contributed by atoms with Crippen molar-refractivity contribution in [2.45, 2.75) is 39.3 Å². The summed E-state index contributed by atoms with van der Waals surface area (Å²) in [6.45, 7) is 6.16. The van der Waals surface area contributed by atoms with Crippen LogP contribution in [-0.2, 0) is 11.3 Å². The van der Waals surface area contributed by atoms with Gasteiger partial charge in [-0.15, -0.1) is 0 Å². The third-order valence-electron chi connectivity index (χ3n) is 5.32. The Bertz CT molecular complexity index is 777. The van der Waals surface area contributed by atoms with Crippen molar-refractivity contribution in [2.75, 3.05) is 32.1 Å². The van der Waals surface area contributed by atoms with Crippen molar-refractivity contribution in [3.8, 4) is 0 Å². The van der Waals surface area contributed by atoms with Crippen LogP contribution in [0, 0.1) is 13.8 Å². The minimum atomic E-state index is 0.0743. The molecule has 1 atom stereocenters. The molecule has 0 spiro atoms. The first kappa shape index (κ1) is 19.4. The van der Waals surface area contributed by atoms with E-state index >= 15 is 0 Å². The fraction of sp³-hybridized carbons (Fsp3) is 0.435. The highest BCUT2D eigenvalue weighted by Crippen LogP contribution is 2.20. The molecule has 0 N–H and O–H groups in total. The fourth-order valence-corrected chi connectivity index (χ4v) is 3.43. The Labute approximate surface area is 162 Å². The molecule has 0 aliphatic carbocycles. The second kappa shape index (κ2) is 8.57. The summed E-state index contributed by atoms with van der Waals surface area (Å²) in [6, 6.07) is 14.4. The Kier molecular flexibility index (Phi) is 6.17. The molecule has 0 radical (unpaired) electrons. The molecule has 4 nitrogen and oxygen atoms in total. The normalized spacial score (nSPS) is 16.4. The highest BCUT2D eigenvalue weighted by Gasteiger charge is 2.24. The summed E-state index contributed by atoms with van der Waals surface area (Å²) in [5.74, 6) is 0.0743. The SMILES string of the molecule is Cc1ccc(C(=O)N(Cc2ccc(N(C)C)cc2)CC2CCCO2)cc1C. The number of hydrogen-bond donors (Lipinski definition) is 0.